The molecule has 16 heavy (non-hydrogen) atoms. The van der Waals surface area contributed by atoms with Gasteiger partial charge in [0.1, 0.15) is 5.82 Å². The Kier molecular flexibility index (Phi) is 2.81. The standard InChI is InChI=1S/C12H14FNO2/c1-7(4-12(15)16)10-6-14-11-3-2-8(13)5-9(10)11/h2-3,5,7,10,14H,4,6H2,1H3,(H,15,16). The zero-order chi connectivity index (χ0) is 11.7. The Labute approximate surface area is 93.3 Å². The van der Waals surface area contributed by atoms with Crippen molar-refractivity contribution in [1.82, 2.24) is 0 Å². The first-order valence-corrected chi connectivity index (χ1v) is 5.33. The number of halogens is 1. The van der Waals surface area contributed by atoms with E-state index in [4.69, 9.17) is 5.11 Å². The van der Waals surface area contributed by atoms with E-state index >= 15 is 0 Å². The number of benzene rings is 1. The number of anilines is 1. The van der Waals surface area contributed by atoms with Crippen molar-refractivity contribution < 1.29 is 14.3 Å². The zero-order valence-electron chi connectivity index (χ0n) is 9.03. The van der Waals surface area contributed by atoms with Crippen molar-refractivity contribution in [3.05, 3.63) is 29.6 Å². The molecule has 0 aromatic heterocycles. The largest absolute Gasteiger partial charge is 0.481 e. The lowest BCUT2D eigenvalue weighted by Crippen LogP contribution is -2.15. The van der Waals surface area contributed by atoms with Crippen LogP contribution in [0.15, 0.2) is 18.2 Å². The lowest BCUT2D eigenvalue weighted by Gasteiger charge is -2.17. The van der Waals surface area contributed by atoms with Gasteiger partial charge in [0.05, 0.1) is 0 Å². The molecule has 1 aromatic rings. The van der Waals surface area contributed by atoms with Gasteiger partial charge in [0.15, 0.2) is 0 Å². The predicted molar refractivity (Wildman–Crippen MR) is 59.0 cm³/mol. The van der Waals surface area contributed by atoms with E-state index in [1.807, 2.05) is 6.92 Å². The molecule has 0 saturated carbocycles. The maximum Gasteiger partial charge on any atom is 0.303 e. The molecule has 0 spiro atoms. The Morgan fingerprint density at radius 3 is 3.12 bits per heavy atom. The zero-order valence-corrected chi connectivity index (χ0v) is 9.03. The molecule has 0 amide bonds. The third-order valence-electron chi connectivity index (χ3n) is 3.11. The minimum atomic E-state index is -0.808. The second kappa shape index (κ2) is 4.12. The molecule has 0 radical (unpaired) electrons. The predicted octanol–water partition coefficient (Wildman–Crippen LogP) is 2.45. The van der Waals surface area contributed by atoms with Crippen molar-refractivity contribution in [3.63, 3.8) is 0 Å². The van der Waals surface area contributed by atoms with Crippen LogP contribution < -0.4 is 5.32 Å². The van der Waals surface area contributed by atoms with E-state index < -0.39 is 5.97 Å². The number of hydrogen-bond acceptors (Lipinski definition) is 2. The molecule has 0 fully saturated rings. The van der Waals surface area contributed by atoms with Crippen molar-refractivity contribution in [2.45, 2.75) is 19.3 Å². The molecule has 2 atom stereocenters. The van der Waals surface area contributed by atoms with Gasteiger partial charge in [-0.2, -0.15) is 0 Å². The number of rotatable bonds is 3. The minimum Gasteiger partial charge on any atom is -0.481 e. The number of carboxylic acid groups (broad SMARTS) is 1. The van der Waals surface area contributed by atoms with Crippen LogP contribution in [0.5, 0.6) is 0 Å². The number of aliphatic carboxylic acids is 1. The van der Waals surface area contributed by atoms with Crippen LogP contribution in [-0.2, 0) is 4.79 Å². The number of nitrogens with one attached hydrogen (secondary N) is 1. The number of hydrogen-bond donors (Lipinski definition) is 2. The van der Waals surface area contributed by atoms with Gasteiger partial charge in [-0.15, -0.1) is 0 Å². The molecule has 0 aliphatic carbocycles. The maximum absolute atomic E-state index is 13.1. The van der Waals surface area contributed by atoms with Gasteiger partial charge in [-0.05, 0) is 29.7 Å². The van der Waals surface area contributed by atoms with Gasteiger partial charge in [-0.25, -0.2) is 4.39 Å². The summed E-state index contributed by atoms with van der Waals surface area (Å²) in [7, 11) is 0. The van der Waals surface area contributed by atoms with Crippen LogP contribution in [0.3, 0.4) is 0 Å². The number of carbonyl (C=O) groups is 1. The average Bonchev–Trinajstić information content (AvgIpc) is 2.59. The highest BCUT2D eigenvalue weighted by Gasteiger charge is 2.28. The fraction of sp³-hybridized carbons (Fsp3) is 0.417. The van der Waals surface area contributed by atoms with Crippen LogP contribution in [0.1, 0.15) is 24.8 Å². The second-order valence-electron chi connectivity index (χ2n) is 4.29. The smallest absolute Gasteiger partial charge is 0.303 e. The Hall–Kier alpha value is -1.58. The summed E-state index contributed by atoms with van der Waals surface area (Å²) in [5.41, 5.74) is 1.82. The molecule has 2 N–H and O–H groups in total. The van der Waals surface area contributed by atoms with Crippen molar-refractivity contribution in [1.29, 1.82) is 0 Å². The van der Waals surface area contributed by atoms with E-state index in [9.17, 15) is 9.18 Å². The average molecular weight is 223 g/mol. The highest BCUT2D eigenvalue weighted by Crippen LogP contribution is 2.37. The minimum absolute atomic E-state index is 0.00745. The molecular formula is C12H14FNO2. The van der Waals surface area contributed by atoms with E-state index in [0.717, 1.165) is 11.3 Å². The van der Waals surface area contributed by atoms with Crippen molar-refractivity contribution in [2.75, 3.05) is 11.9 Å². The van der Waals surface area contributed by atoms with E-state index in [2.05, 4.69) is 5.32 Å². The molecule has 0 saturated heterocycles. The second-order valence-corrected chi connectivity index (χ2v) is 4.29. The van der Waals surface area contributed by atoms with Gasteiger partial charge in [0.2, 0.25) is 0 Å². The molecule has 0 bridgehead atoms. The molecule has 1 heterocycles. The normalized spacial score (nSPS) is 20.0. The maximum atomic E-state index is 13.1. The van der Waals surface area contributed by atoms with Gasteiger partial charge < -0.3 is 10.4 Å². The molecule has 4 heteroatoms. The first-order chi connectivity index (χ1) is 7.58. The molecule has 2 rings (SSSR count). The Morgan fingerprint density at radius 1 is 1.69 bits per heavy atom. The molecule has 1 aromatic carbocycles. The summed E-state index contributed by atoms with van der Waals surface area (Å²) in [5.74, 6) is -0.984. The fourth-order valence-corrected chi connectivity index (χ4v) is 2.26. The summed E-state index contributed by atoms with van der Waals surface area (Å²) < 4.78 is 13.1. The van der Waals surface area contributed by atoms with Crippen molar-refractivity contribution in [2.24, 2.45) is 5.92 Å². The van der Waals surface area contributed by atoms with Crippen LogP contribution in [-0.4, -0.2) is 17.6 Å². The van der Waals surface area contributed by atoms with Gasteiger partial charge in [0.25, 0.3) is 0 Å². The van der Waals surface area contributed by atoms with Crippen LogP contribution in [0.25, 0.3) is 0 Å². The fourth-order valence-electron chi connectivity index (χ4n) is 2.26. The van der Waals surface area contributed by atoms with Crippen molar-refractivity contribution >= 4 is 11.7 Å². The van der Waals surface area contributed by atoms with Crippen LogP contribution in [0, 0.1) is 11.7 Å². The van der Waals surface area contributed by atoms with Gasteiger partial charge >= 0.3 is 5.97 Å². The van der Waals surface area contributed by atoms with Gasteiger partial charge in [-0.3, -0.25) is 4.79 Å². The van der Waals surface area contributed by atoms with E-state index in [1.54, 1.807) is 6.07 Å². The number of fused-ring (bicyclic) bond motifs is 1. The Bertz CT molecular complexity index is 419. The highest BCUT2D eigenvalue weighted by molar-refractivity contribution is 5.67. The van der Waals surface area contributed by atoms with E-state index in [-0.39, 0.29) is 24.1 Å². The van der Waals surface area contributed by atoms with E-state index in [0.29, 0.717) is 6.54 Å². The monoisotopic (exact) mass is 223 g/mol. The summed E-state index contributed by atoms with van der Waals surface area (Å²) in [5, 5.41) is 11.9. The summed E-state index contributed by atoms with van der Waals surface area (Å²) in [4.78, 5) is 10.7. The van der Waals surface area contributed by atoms with Crippen LogP contribution in [0.4, 0.5) is 10.1 Å². The van der Waals surface area contributed by atoms with Crippen molar-refractivity contribution in [3.8, 4) is 0 Å². The summed E-state index contributed by atoms with van der Waals surface area (Å²) in [6, 6.07) is 4.62. The van der Waals surface area contributed by atoms with Gasteiger partial charge in [0, 0.05) is 24.6 Å². The quantitative estimate of drug-likeness (QED) is 0.827. The topological polar surface area (TPSA) is 49.3 Å². The molecule has 3 nitrogen and oxygen atoms in total. The highest BCUT2D eigenvalue weighted by atomic mass is 19.1. The molecular weight excluding hydrogens is 209 g/mol. The lowest BCUT2D eigenvalue weighted by atomic mass is 9.87. The number of carboxylic acids is 1. The van der Waals surface area contributed by atoms with E-state index in [1.165, 1.54) is 12.1 Å². The first-order valence-electron chi connectivity index (χ1n) is 5.33. The Balaban J connectivity index is 2.22. The lowest BCUT2D eigenvalue weighted by molar-refractivity contribution is -0.138. The third kappa shape index (κ3) is 2.01. The summed E-state index contributed by atoms with van der Waals surface area (Å²) in [6.45, 7) is 2.58. The van der Waals surface area contributed by atoms with Gasteiger partial charge in [-0.1, -0.05) is 6.92 Å². The Morgan fingerprint density at radius 2 is 2.44 bits per heavy atom. The molecule has 86 valence electrons. The molecule has 1 aliphatic heterocycles. The summed E-state index contributed by atoms with van der Waals surface area (Å²) in [6.07, 6.45) is 0.113. The SMILES string of the molecule is CC(CC(=O)O)C1CNc2ccc(F)cc21. The van der Waals surface area contributed by atoms with Crippen LogP contribution in [0.2, 0.25) is 0 Å². The summed E-state index contributed by atoms with van der Waals surface area (Å²) >= 11 is 0. The molecule has 1 aliphatic rings. The third-order valence-corrected chi connectivity index (χ3v) is 3.11. The van der Waals surface area contributed by atoms with Crippen LogP contribution >= 0.6 is 0 Å². The molecule has 2 unspecified atom stereocenters. The first kappa shape index (κ1) is 10.9.